The van der Waals surface area contributed by atoms with E-state index in [1.807, 2.05) is 24.4 Å². The van der Waals surface area contributed by atoms with Crippen LogP contribution in [0.2, 0.25) is 0 Å². The van der Waals surface area contributed by atoms with Crippen molar-refractivity contribution in [3.8, 4) is 5.75 Å². The van der Waals surface area contributed by atoms with Gasteiger partial charge in [0, 0.05) is 29.7 Å². The number of aliphatic carboxylic acids is 1. The zero-order chi connectivity index (χ0) is 21.1. The first-order chi connectivity index (χ1) is 14.5. The van der Waals surface area contributed by atoms with Crippen LogP contribution in [0, 0.1) is 0 Å². The Morgan fingerprint density at radius 2 is 2.17 bits per heavy atom. The van der Waals surface area contributed by atoms with Gasteiger partial charge in [0.1, 0.15) is 5.75 Å². The molecule has 2 heterocycles. The molecule has 1 aliphatic carbocycles. The van der Waals surface area contributed by atoms with Gasteiger partial charge in [-0.3, -0.25) is 14.7 Å². The highest BCUT2D eigenvalue weighted by molar-refractivity contribution is 8.18. The van der Waals surface area contributed by atoms with Gasteiger partial charge < -0.3 is 14.8 Å². The molecule has 1 aliphatic heterocycles. The summed E-state index contributed by atoms with van der Waals surface area (Å²) in [4.78, 5) is 34.0. The second kappa shape index (κ2) is 8.95. The maximum atomic E-state index is 12.9. The molecule has 1 aromatic carbocycles. The molecule has 1 saturated heterocycles. The predicted octanol–water partition coefficient (Wildman–Crippen LogP) is 3.95. The normalized spacial score (nSPS) is 20.6. The quantitative estimate of drug-likeness (QED) is 0.681. The van der Waals surface area contributed by atoms with E-state index in [1.54, 1.807) is 12.0 Å². The lowest BCUT2D eigenvalue weighted by Gasteiger charge is -2.21. The van der Waals surface area contributed by atoms with E-state index >= 15 is 0 Å². The molecular weight excluding hydrogens is 402 g/mol. The van der Waals surface area contributed by atoms with Crippen molar-refractivity contribution in [3.05, 3.63) is 40.9 Å². The molecule has 0 bridgehead atoms. The number of hydrogen-bond acceptors (Lipinski definition) is 5. The Balaban J connectivity index is 1.57. The van der Waals surface area contributed by atoms with Gasteiger partial charge in [-0.1, -0.05) is 19.3 Å². The summed E-state index contributed by atoms with van der Waals surface area (Å²) in [6, 6.07) is 6.06. The highest BCUT2D eigenvalue weighted by Gasteiger charge is 2.34. The fourth-order valence-electron chi connectivity index (χ4n) is 4.00. The number of amides is 1. The SMILES string of the molecule is COc1ccc2[nH]cc(CCN3C(=O)C(=CC(=O)O)SC3=NC3CCCCC3)c2c1. The Hall–Kier alpha value is -2.74. The minimum absolute atomic E-state index is 0.207. The molecule has 0 atom stereocenters. The van der Waals surface area contributed by atoms with Gasteiger partial charge in [-0.25, -0.2) is 4.79 Å². The second-order valence-corrected chi connectivity index (χ2v) is 8.59. The monoisotopic (exact) mass is 427 g/mol. The van der Waals surface area contributed by atoms with Crippen LogP contribution in [-0.4, -0.2) is 51.7 Å². The van der Waals surface area contributed by atoms with Crippen LogP contribution >= 0.6 is 11.8 Å². The number of nitrogens with zero attached hydrogens (tertiary/aromatic N) is 2. The lowest BCUT2D eigenvalue weighted by molar-refractivity contribution is -0.132. The number of hydrogen-bond donors (Lipinski definition) is 2. The Kier molecular flexibility index (Phi) is 6.13. The molecule has 30 heavy (non-hydrogen) atoms. The molecule has 2 aliphatic rings. The van der Waals surface area contributed by atoms with E-state index in [-0.39, 0.29) is 16.9 Å². The average Bonchev–Trinajstić information content (AvgIpc) is 3.27. The molecule has 0 radical (unpaired) electrons. The van der Waals surface area contributed by atoms with Gasteiger partial charge in [0.25, 0.3) is 5.91 Å². The number of carbonyl (C=O) groups excluding carboxylic acids is 1. The summed E-state index contributed by atoms with van der Waals surface area (Å²) in [7, 11) is 1.64. The molecule has 2 fully saturated rings. The first-order valence-electron chi connectivity index (χ1n) is 10.2. The van der Waals surface area contributed by atoms with Gasteiger partial charge in [0.05, 0.1) is 18.1 Å². The minimum Gasteiger partial charge on any atom is -0.497 e. The van der Waals surface area contributed by atoms with Crippen LogP contribution in [0.5, 0.6) is 5.75 Å². The van der Waals surface area contributed by atoms with Crippen LogP contribution in [-0.2, 0) is 16.0 Å². The number of fused-ring (bicyclic) bond motifs is 1. The van der Waals surface area contributed by atoms with E-state index in [1.165, 1.54) is 18.2 Å². The highest BCUT2D eigenvalue weighted by Crippen LogP contribution is 2.33. The molecule has 158 valence electrons. The number of nitrogens with one attached hydrogen (secondary N) is 1. The lowest BCUT2D eigenvalue weighted by atomic mass is 9.96. The first kappa shape index (κ1) is 20.5. The zero-order valence-corrected chi connectivity index (χ0v) is 17.7. The molecule has 2 aromatic rings. The number of methoxy groups -OCH3 is 1. The van der Waals surface area contributed by atoms with Crippen LogP contribution in [0.1, 0.15) is 37.7 Å². The minimum atomic E-state index is -1.12. The number of aliphatic imine (C=N–C) groups is 1. The number of amidine groups is 1. The van der Waals surface area contributed by atoms with Crippen LogP contribution in [0.15, 0.2) is 40.4 Å². The van der Waals surface area contributed by atoms with Crippen molar-refractivity contribution in [2.75, 3.05) is 13.7 Å². The Bertz CT molecular complexity index is 1020. The molecule has 2 N–H and O–H groups in total. The third kappa shape index (κ3) is 4.38. The molecule has 4 rings (SSSR count). The second-order valence-electron chi connectivity index (χ2n) is 7.58. The first-order valence-corrected chi connectivity index (χ1v) is 11.0. The molecule has 7 nitrogen and oxygen atoms in total. The van der Waals surface area contributed by atoms with Gasteiger partial charge in [0.2, 0.25) is 0 Å². The predicted molar refractivity (Wildman–Crippen MR) is 118 cm³/mol. The maximum Gasteiger partial charge on any atom is 0.329 e. The van der Waals surface area contributed by atoms with Gasteiger partial charge >= 0.3 is 5.97 Å². The summed E-state index contributed by atoms with van der Waals surface area (Å²) < 4.78 is 5.33. The van der Waals surface area contributed by atoms with Crippen LogP contribution in [0.4, 0.5) is 0 Å². The van der Waals surface area contributed by atoms with Crippen LogP contribution < -0.4 is 4.74 Å². The third-order valence-corrected chi connectivity index (χ3v) is 6.61. The van der Waals surface area contributed by atoms with E-state index in [0.29, 0.717) is 18.1 Å². The van der Waals surface area contributed by atoms with E-state index in [9.17, 15) is 9.59 Å². The van der Waals surface area contributed by atoms with E-state index in [4.69, 9.17) is 14.8 Å². The number of rotatable bonds is 6. The van der Waals surface area contributed by atoms with Crippen molar-refractivity contribution < 1.29 is 19.4 Å². The van der Waals surface area contributed by atoms with E-state index in [2.05, 4.69) is 4.98 Å². The molecule has 0 unspecified atom stereocenters. The number of carboxylic acid groups (broad SMARTS) is 1. The Morgan fingerprint density at radius 1 is 1.37 bits per heavy atom. The van der Waals surface area contributed by atoms with Gasteiger partial charge in [-0.15, -0.1) is 0 Å². The number of thioether (sulfide) groups is 1. The van der Waals surface area contributed by atoms with Crippen molar-refractivity contribution in [1.29, 1.82) is 0 Å². The zero-order valence-electron chi connectivity index (χ0n) is 16.9. The van der Waals surface area contributed by atoms with Crippen LogP contribution in [0.3, 0.4) is 0 Å². The molecule has 1 aromatic heterocycles. The molecular formula is C22H25N3O4S. The molecule has 1 amide bonds. The number of carboxylic acids is 1. The third-order valence-electron chi connectivity index (χ3n) is 5.59. The number of ether oxygens (including phenoxy) is 1. The number of carbonyl (C=O) groups is 2. The summed E-state index contributed by atoms with van der Waals surface area (Å²) >= 11 is 1.17. The summed E-state index contributed by atoms with van der Waals surface area (Å²) in [5.41, 5.74) is 2.09. The smallest absolute Gasteiger partial charge is 0.329 e. The number of aromatic nitrogens is 1. The average molecular weight is 428 g/mol. The van der Waals surface area contributed by atoms with E-state index in [0.717, 1.165) is 54.0 Å². The number of aromatic amines is 1. The topological polar surface area (TPSA) is 95.0 Å². The van der Waals surface area contributed by atoms with Gasteiger partial charge in [-0.2, -0.15) is 0 Å². The van der Waals surface area contributed by atoms with Gasteiger partial charge in [0.15, 0.2) is 5.17 Å². The number of H-pyrrole nitrogens is 1. The van der Waals surface area contributed by atoms with Crippen molar-refractivity contribution in [3.63, 3.8) is 0 Å². The largest absolute Gasteiger partial charge is 0.497 e. The van der Waals surface area contributed by atoms with Crippen molar-refractivity contribution in [2.24, 2.45) is 4.99 Å². The standard InChI is InChI=1S/C22H25N3O4S/c1-29-16-7-8-18-17(11-16)14(13-23-18)9-10-25-21(28)19(12-20(26)27)30-22(25)24-15-5-3-2-4-6-15/h7-8,11-13,15,23H,2-6,9-10H2,1H3,(H,26,27). The lowest BCUT2D eigenvalue weighted by Crippen LogP contribution is -2.32. The summed E-state index contributed by atoms with van der Waals surface area (Å²) in [6.07, 6.45) is 9.13. The fourth-order valence-corrected chi connectivity index (χ4v) is 5.04. The molecule has 8 heteroatoms. The Morgan fingerprint density at radius 3 is 2.90 bits per heavy atom. The van der Waals surface area contributed by atoms with Crippen LogP contribution in [0.25, 0.3) is 10.9 Å². The Labute approximate surface area is 179 Å². The maximum absolute atomic E-state index is 12.9. The summed E-state index contributed by atoms with van der Waals surface area (Å²) in [5, 5.41) is 10.8. The number of benzene rings is 1. The van der Waals surface area contributed by atoms with Crippen molar-refractivity contribution in [1.82, 2.24) is 9.88 Å². The van der Waals surface area contributed by atoms with Gasteiger partial charge in [-0.05, 0) is 54.8 Å². The van der Waals surface area contributed by atoms with E-state index < -0.39 is 5.97 Å². The molecule has 0 spiro atoms. The highest BCUT2D eigenvalue weighted by atomic mass is 32.2. The summed E-state index contributed by atoms with van der Waals surface area (Å²) in [6.45, 7) is 0.443. The molecule has 1 saturated carbocycles. The van der Waals surface area contributed by atoms with Crippen molar-refractivity contribution in [2.45, 2.75) is 44.6 Å². The van der Waals surface area contributed by atoms with Crippen molar-refractivity contribution >= 4 is 39.7 Å². The summed E-state index contributed by atoms with van der Waals surface area (Å²) in [5.74, 6) is -0.620. The fraction of sp³-hybridized carbons (Fsp3) is 0.409.